The molecule has 3 aromatic carbocycles. The highest BCUT2D eigenvalue weighted by atomic mass is 32.1. The average molecular weight is 420 g/mol. The number of benzene rings is 3. The molecule has 0 spiro atoms. The summed E-state index contributed by atoms with van der Waals surface area (Å²) in [4.78, 5) is 0. The molecule has 0 fully saturated rings. The highest BCUT2D eigenvalue weighted by molar-refractivity contribution is 7.25. The molecule has 30 heavy (non-hydrogen) atoms. The van der Waals surface area contributed by atoms with E-state index in [1.165, 1.54) is 20.2 Å². The second-order valence-corrected chi connectivity index (χ2v) is 7.67. The summed E-state index contributed by atoms with van der Waals surface area (Å²) in [6.45, 7) is 0. The summed E-state index contributed by atoms with van der Waals surface area (Å²) < 4.78 is 18.7. The van der Waals surface area contributed by atoms with Gasteiger partial charge in [0, 0.05) is 25.7 Å². The number of thiophene rings is 1. The lowest BCUT2D eigenvalue weighted by Crippen LogP contribution is -2.01. The molecule has 0 atom stereocenters. The third-order valence-corrected chi connectivity index (χ3v) is 6.05. The second-order valence-electron chi connectivity index (χ2n) is 6.59. The predicted octanol–water partition coefficient (Wildman–Crippen LogP) is 5.97. The molecule has 152 valence electrons. The van der Waals surface area contributed by atoms with Gasteiger partial charge < -0.3 is 19.4 Å². The van der Waals surface area contributed by atoms with E-state index in [1.807, 2.05) is 6.08 Å². The van der Waals surface area contributed by atoms with E-state index < -0.39 is 0 Å². The zero-order chi connectivity index (χ0) is 21.1. The Hall–Kier alpha value is -3.51. The van der Waals surface area contributed by atoms with Crippen molar-refractivity contribution in [2.24, 2.45) is 5.16 Å². The molecule has 1 heterocycles. The molecule has 1 aromatic heterocycles. The standard InChI is InChI=1S/C24H21NO4S/c1-27-20-13-16(14-21(28-2)24(20)29-3)19(25-26)10-8-15-9-11-23-18(12-15)17-6-4-5-7-22(17)30-23/h4-14,26H,1-3H3/b10-8+,25-19+. The average Bonchev–Trinajstić information content (AvgIpc) is 3.16. The van der Waals surface area contributed by atoms with Crippen LogP contribution in [0.4, 0.5) is 0 Å². The molecule has 0 saturated carbocycles. The molecule has 1 N–H and O–H groups in total. The van der Waals surface area contributed by atoms with E-state index in [-0.39, 0.29) is 0 Å². The van der Waals surface area contributed by atoms with Gasteiger partial charge >= 0.3 is 0 Å². The maximum Gasteiger partial charge on any atom is 0.203 e. The van der Waals surface area contributed by atoms with Crippen molar-refractivity contribution in [2.75, 3.05) is 21.3 Å². The summed E-state index contributed by atoms with van der Waals surface area (Å²) in [5, 5.41) is 15.5. The summed E-state index contributed by atoms with van der Waals surface area (Å²) >= 11 is 1.78. The molecule has 0 radical (unpaired) electrons. The molecule has 0 aliphatic rings. The smallest absolute Gasteiger partial charge is 0.203 e. The Balaban J connectivity index is 1.71. The summed E-state index contributed by atoms with van der Waals surface area (Å²) in [5.74, 6) is 1.47. The number of methoxy groups -OCH3 is 3. The first-order chi connectivity index (χ1) is 14.7. The Bertz CT molecular complexity index is 1250. The zero-order valence-electron chi connectivity index (χ0n) is 16.9. The van der Waals surface area contributed by atoms with Crippen LogP contribution in [0.25, 0.3) is 26.2 Å². The van der Waals surface area contributed by atoms with Crippen molar-refractivity contribution in [1.82, 2.24) is 0 Å². The van der Waals surface area contributed by atoms with Gasteiger partial charge in [-0.15, -0.1) is 11.3 Å². The molecule has 4 rings (SSSR count). The molecule has 5 nitrogen and oxygen atoms in total. The minimum Gasteiger partial charge on any atom is -0.493 e. The van der Waals surface area contributed by atoms with E-state index in [4.69, 9.17) is 14.2 Å². The van der Waals surface area contributed by atoms with Crippen LogP contribution in [-0.2, 0) is 0 Å². The predicted molar refractivity (Wildman–Crippen MR) is 123 cm³/mol. The SMILES string of the molecule is COc1cc(C(/C=C/c2ccc3sc4ccccc4c3c2)=N/O)cc(OC)c1OC. The van der Waals surface area contributed by atoms with Crippen LogP contribution in [-0.4, -0.2) is 32.2 Å². The van der Waals surface area contributed by atoms with E-state index in [0.717, 1.165) is 5.56 Å². The van der Waals surface area contributed by atoms with Gasteiger partial charge in [0.1, 0.15) is 5.71 Å². The Labute approximate surface area is 178 Å². The van der Waals surface area contributed by atoms with Crippen LogP contribution in [0.2, 0.25) is 0 Å². The van der Waals surface area contributed by atoms with Gasteiger partial charge in [0.25, 0.3) is 0 Å². The summed E-state index contributed by atoms with van der Waals surface area (Å²) in [7, 11) is 4.64. The van der Waals surface area contributed by atoms with Gasteiger partial charge in [0.05, 0.1) is 21.3 Å². The van der Waals surface area contributed by atoms with Gasteiger partial charge in [0.2, 0.25) is 5.75 Å². The molecule has 0 unspecified atom stereocenters. The molecule has 0 aliphatic heterocycles. The van der Waals surface area contributed by atoms with Crippen LogP contribution in [0, 0.1) is 0 Å². The van der Waals surface area contributed by atoms with Crippen LogP contribution in [0.5, 0.6) is 17.2 Å². The van der Waals surface area contributed by atoms with Crippen molar-refractivity contribution in [2.45, 2.75) is 0 Å². The highest BCUT2D eigenvalue weighted by Crippen LogP contribution is 2.38. The lowest BCUT2D eigenvalue weighted by molar-refractivity contribution is 0.319. The normalized spacial score (nSPS) is 12.0. The van der Waals surface area contributed by atoms with Crippen LogP contribution in [0.3, 0.4) is 0 Å². The van der Waals surface area contributed by atoms with Crippen molar-refractivity contribution in [3.05, 3.63) is 71.8 Å². The number of allylic oxidation sites excluding steroid dienone is 1. The Morgan fingerprint density at radius 2 is 1.57 bits per heavy atom. The minimum absolute atomic E-state index is 0.379. The quantitative estimate of drug-likeness (QED) is 0.238. The molecule has 0 amide bonds. The highest BCUT2D eigenvalue weighted by Gasteiger charge is 2.15. The maximum atomic E-state index is 9.62. The first-order valence-corrected chi connectivity index (χ1v) is 10.1. The largest absolute Gasteiger partial charge is 0.493 e. The second kappa shape index (κ2) is 8.47. The third-order valence-electron chi connectivity index (χ3n) is 4.90. The van der Waals surface area contributed by atoms with Crippen LogP contribution < -0.4 is 14.2 Å². The first kappa shape index (κ1) is 19.8. The van der Waals surface area contributed by atoms with Gasteiger partial charge in [-0.1, -0.05) is 35.5 Å². The van der Waals surface area contributed by atoms with Crippen molar-refractivity contribution < 1.29 is 19.4 Å². The van der Waals surface area contributed by atoms with Crippen LogP contribution in [0.1, 0.15) is 11.1 Å². The fraction of sp³-hybridized carbons (Fsp3) is 0.125. The number of fused-ring (bicyclic) bond motifs is 3. The van der Waals surface area contributed by atoms with Gasteiger partial charge in [-0.2, -0.15) is 0 Å². The fourth-order valence-corrected chi connectivity index (χ4v) is 4.53. The Kier molecular flexibility index (Phi) is 5.59. The van der Waals surface area contributed by atoms with Crippen LogP contribution >= 0.6 is 11.3 Å². The minimum atomic E-state index is 0.379. The number of nitrogens with zero attached hydrogens (tertiary/aromatic N) is 1. The van der Waals surface area contributed by atoms with Gasteiger partial charge in [-0.3, -0.25) is 0 Å². The van der Waals surface area contributed by atoms with E-state index >= 15 is 0 Å². The summed E-state index contributed by atoms with van der Waals surface area (Å²) in [5.41, 5.74) is 2.04. The van der Waals surface area contributed by atoms with Crippen molar-refractivity contribution >= 4 is 43.3 Å². The molecule has 0 bridgehead atoms. The maximum absolute atomic E-state index is 9.62. The third kappa shape index (κ3) is 3.57. The number of rotatable bonds is 6. The van der Waals surface area contributed by atoms with Crippen LogP contribution in [0.15, 0.2) is 65.8 Å². The fourth-order valence-electron chi connectivity index (χ4n) is 3.44. The number of hydrogen-bond acceptors (Lipinski definition) is 6. The zero-order valence-corrected chi connectivity index (χ0v) is 17.7. The number of oxime groups is 1. The molecular formula is C24H21NO4S. The Morgan fingerprint density at radius 3 is 2.23 bits per heavy atom. The van der Waals surface area contributed by atoms with E-state index in [9.17, 15) is 5.21 Å². The molecule has 4 aromatic rings. The lowest BCUT2D eigenvalue weighted by atomic mass is 10.1. The van der Waals surface area contributed by atoms with Crippen molar-refractivity contribution in [3.63, 3.8) is 0 Å². The molecule has 0 aliphatic carbocycles. The first-order valence-electron chi connectivity index (χ1n) is 9.30. The van der Waals surface area contributed by atoms with Crippen molar-refractivity contribution in [3.8, 4) is 17.2 Å². The summed E-state index contributed by atoms with van der Waals surface area (Å²) in [6, 6.07) is 18.2. The van der Waals surface area contributed by atoms with E-state index in [2.05, 4.69) is 47.6 Å². The number of hydrogen-bond donors (Lipinski definition) is 1. The molecule has 6 heteroatoms. The van der Waals surface area contributed by atoms with E-state index in [1.54, 1.807) is 50.9 Å². The van der Waals surface area contributed by atoms with Gasteiger partial charge in [-0.05, 0) is 42.0 Å². The topological polar surface area (TPSA) is 60.3 Å². The van der Waals surface area contributed by atoms with Gasteiger partial charge in [-0.25, -0.2) is 0 Å². The van der Waals surface area contributed by atoms with Crippen molar-refractivity contribution in [1.29, 1.82) is 0 Å². The molecular weight excluding hydrogens is 398 g/mol. The Morgan fingerprint density at radius 1 is 0.867 bits per heavy atom. The number of ether oxygens (including phenoxy) is 3. The monoisotopic (exact) mass is 419 g/mol. The van der Waals surface area contributed by atoms with Gasteiger partial charge in [0.15, 0.2) is 11.5 Å². The van der Waals surface area contributed by atoms with E-state index in [0.29, 0.717) is 28.5 Å². The lowest BCUT2D eigenvalue weighted by Gasteiger charge is -2.13. The summed E-state index contributed by atoms with van der Waals surface area (Å²) in [6.07, 6.45) is 3.68. The molecule has 0 saturated heterocycles.